The molecule has 0 bridgehead atoms. The first-order chi connectivity index (χ1) is 11.4. The van der Waals surface area contributed by atoms with E-state index in [9.17, 15) is 9.00 Å². The third-order valence-electron chi connectivity index (χ3n) is 3.65. The summed E-state index contributed by atoms with van der Waals surface area (Å²) in [4.78, 5) is 22.4. The Kier molecular flexibility index (Phi) is 6.03. The Morgan fingerprint density at radius 1 is 1.29 bits per heavy atom. The fourth-order valence-corrected chi connectivity index (χ4v) is 3.06. The van der Waals surface area contributed by atoms with Crippen LogP contribution in [0.5, 0.6) is 0 Å². The van der Waals surface area contributed by atoms with E-state index in [0.29, 0.717) is 17.3 Å². The standard InChI is InChI=1S/C17H22N4O2S/c1-12-9-10-18-16(19-12)14-5-7-15(8-6-14)20-17(22)21(3)13(2)11-24(4)23/h5-10,13H,11H2,1-4H3,(H,20,22)/t13-,24-/m1/s1. The van der Waals surface area contributed by atoms with E-state index in [0.717, 1.165) is 11.3 Å². The number of hydrogen-bond acceptors (Lipinski definition) is 4. The molecule has 0 spiro atoms. The number of hydrogen-bond donors (Lipinski definition) is 1. The Bertz CT molecular complexity index is 734. The highest BCUT2D eigenvalue weighted by molar-refractivity contribution is 7.84. The topological polar surface area (TPSA) is 75.2 Å². The molecule has 0 unspecified atom stereocenters. The highest BCUT2D eigenvalue weighted by atomic mass is 32.2. The number of carbonyl (C=O) groups is 1. The first kappa shape index (κ1) is 18.1. The van der Waals surface area contributed by atoms with Crippen LogP contribution in [0.4, 0.5) is 10.5 Å². The van der Waals surface area contributed by atoms with Gasteiger partial charge in [-0.15, -0.1) is 0 Å². The van der Waals surface area contributed by atoms with Crippen LogP contribution in [-0.4, -0.2) is 50.2 Å². The number of anilines is 1. The van der Waals surface area contributed by atoms with Crippen molar-refractivity contribution in [3.05, 3.63) is 42.2 Å². The molecule has 0 radical (unpaired) electrons. The number of nitrogens with zero attached hydrogens (tertiary/aromatic N) is 3. The van der Waals surface area contributed by atoms with Crippen LogP contribution in [-0.2, 0) is 10.8 Å². The summed E-state index contributed by atoms with van der Waals surface area (Å²) in [6.45, 7) is 3.79. The number of urea groups is 1. The van der Waals surface area contributed by atoms with E-state index >= 15 is 0 Å². The van der Waals surface area contributed by atoms with Gasteiger partial charge in [-0.05, 0) is 44.2 Å². The van der Waals surface area contributed by atoms with Gasteiger partial charge in [-0.25, -0.2) is 14.8 Å². The number of rotatable bonds is 5. The van der Waals surface area contributed by atoms with Gasteiger partial charge in [0.15, 0.2) is 5.82 Å². The minimum Gasteiger partial charge on any atom is -0.324 e. The van der Waals surface area contributed by atoms with E-state index in [-0.39, 0.29) is 12.1 Å². The van der Waals surface area contributed by atoms with Gasteiger partial charge in [0.25, 0.3) is 0 Å². The first-order valence-corrected chi connectivity index (χ1v) is 9.33. The van der Waals surface area contributed by atoms with Gasteiger partial charge in [0.05, 0.1) is 0 Å². The summed E-state index contributed by atoms with van der Waals surface area (Å²) in [5.74, 6) is 1.11. The summed E-state index contributed by atoms with van der Waals surface area (Å²) in [5.41, 5.74) is 2.48. The monoisotopic (exact) mass is 346 g/mol. The molecule has 0 aliphatic heterocycles. The van der Waals surface area contributed by atoms with Crippen molar-refractivity contribution in [3.63, 3.8) is 0 Å². The average Bonchev–Trinajstić information content (AvgIpc) is 2.54. The lowest BCUT2D eigenvalue weighted by molar-refractivity contribution is 0.212. The van der Waals surface area contributed by atoms with Crippen LogP contribution in [0, 0.1) is 6.92 Å². The average molecular weight is 346 g/mol. The van der Waals surface area contributed by atoms with Crippen LogP contribution in [0.25, 0.3) is 11.4 Å². The fraction of sp³-hybridized carbons (Fsp3) is 0.353. The number of amides is 2. The maximum Gasteiger partial charge on any atom is 0.321 e. The van der Waals surface area contributed by atoms with E-state index < -0.39 is 10.8 Å². The number of carbonyl (C=O) groups excluding carboxylic acids is 1. The smallest absolute Gasteiger partial charge is 0.321 e. The molecule has 2 amide bonds. The van der Waals surface area contributed by atoms with Crippen molar-refractivity contribution in [2.45, 2.75) is 19.9 Å². The third kappa shape index (κ3) is 4.86. The molecule has 128 valence electrons. The van der Waals surface area contributed by atoms with E-state index in [1.807, 2.05) is 44.2 Å². The van der Waals surface area contributed by atoms with Crippen LogP contribution in [0.1, 0.15) is 12.6 Å². The normalized spacial score (nSPS) is 13.2. The zero-order chi connectivity index (χ0) is 17.7. The number of aryl methyl sites for hydroxylation is 1. The molecule has 7 heteroatoms. The van der Waals surface area contributed by atoms with Gasteiger partial charge in [-0.3, -0.25) is 4.21 Å². The predicted molar refractivity (Wildman–Crippen MR) is 97.4 cm³/mol. The van der Waals surface area contributed by atoms with Crippen molar-refractivity contribution in [1.29, 1.82) is 0 Å². The van der Waals surface area contributed by atoms with Gasteiger partial charge in [-0.2, -0.15) is 0 Å². The maximum atomic E-state index is 12.2. The Hall–Kier alpha value is -2.28. The Balaban J connectivity index is 2.03. The molecule has 0 saturated carbocycles. The number of benzene rings is 1. The molecule has 0 fully saturated rings. The van der Waals surface area contributed by atoms with E-state index in [4.69, 9.17) is 0 Å². The zero-order valence-electron chi connectivity index (χ0n) is 14.3. The van der Waals surface area contributed by atoms with Crippen LogP contribution in [0.15, 0.2) is 36.5 Å². The zero-order valence-corrected chi connectivity index (χ0v) is 15.1. The molecular formula is C17H22N4O2S. The van der Waals surface area contributed by atoms with Gasteiger partial charge in [0.1, 0.15) is 0 Å². The summed E-state index contributed by atoms with van der Waals surface area (Å²) in [7, 11) is 0.755. The van der Waals surface area contributed by atoms with Gasteiger partial charge in [0, 0.05) is 59.0 Å². The molecule has 6 nitrogen and oxygen atoms in total. The van der Waals surface area contributed by atoms with Crippen molar-refractivity contribution in [2.75, 3.05) is 24.4 Å². The molecule has 24 heavy (non-hydrogen) atoms. The quantitative estimate of drug-likeness (QED) is 0.903. The van der Waals surface area contributed by atoms with Crippen molar-refractivity contribution in [2.24, 2.45) is 0 Å². The van der Waals surface area contributed by atoms with E-state index in [1.165, 1.54) is 0 Å². The van der Waals surface area contributed by atoms with E-state index in [2.05, 4.69) is 15.3 Å². The molecule has 1 N–H and O–H groups in total. The summed E-state index contributed by atoms with van der Waals surface area (Å²) in [5, 5.41) is 2.83. The van der Waals surface area contributed by atoms with Gasteiger partial charge < -0.3 is 10.2 Å². The van der Waals surface area contributed by atoms with Crippen LogP contribution >= 0.6 is 0 Å². The molecule has 1 aromatic carbocycles. The molecule has 2 atom stereocenters. The second-order valence-corrected chi connectivity index (χ2v) is 7.21. The largest absolute Gasteiger partial charge is 0.324 e. The summed E-state index contributed by atoms with van der Waals surface area (Å²) in [6, 6.07) is 8.89. The Morgan fingerprint density at radius 3 is 2.54 bits per heavy atom. The third-order valence-corrected chi connectivity index (χ3v) is 4.60. The van der Waals surface area contributed by atoms with Gasteiger partial charge >= 0.3 is 6.03 Å². The lowest BCUT2D eigenvalue weighted by Crippen LogP contribution is -2.40. The van der Waals surface area contributed by atoms with Crippen LogP contribution in [0.2, 0.25) is 0 Å². The molecule has 2 aromatic rings. The first-order valence-electron chi connectivity index (χ1n) is 7.60. The second kappa shape index (κ2) is 8.01. The second-order valence-electron chi connectivity index (χ2n) is 5.73. The summed E-state index contributed by atoms with van der Waals surface area (Å²) in [6.07, 6.45) is 3.36. The predicted octanol–water partition coefficient (Wildman–Crippen LogP) is 2.68. The summed E-state index contributed by atoms with van der Waals surface area (Å²) >= 11 is 0. The van der Waals surface area contributed by atoms with Crippen molar-refractivity contribution in [1.82, 2.24) is 14.9 Å². The molecule has 0 aliphatic carbocycles. The van der Waals surface area contributed by atoms with Gasteiger partial charge in [-0.1, -0.05) is 0 Å². The Morgan fingerprint density at radius 2 is 1.96 bits per heavy atom. The molecule has 1 aromatic heterocycles. The number of aromatic nitrogens is 2. The highest BCUT2D eigenvalue weighted by Crippen LogP contribution is 2.18. The lowest BCUT2D eigenvalue weighted by atomic mass is 10.2. The maximum absolute atomic E-state index is 12.2. The fourth-order valence-electron chi connectivity index (χ4n) is 2.15. The highest BCUT2D eigenvalue weighted by Gasteiger charge is 2.16. The molecule has 0 saturated heterocycles. The van der Waals surface area contributed by atoms with Crippen molar-refractivity contribution < 1.29 is 9.00 Å². The lowest BCUT2D eigenvalue weighted by Gasteiger charge is -2.24. The van der Waals surface area contributed by atoms with Crippen molar-refractivity contribution in [3.8, 4) is 11.4 Å². The van der Waals surface area contributed by atoms with Crippen molar-refractivity contribution >= 4 is 22.5 Å². The van der Waals surface area contributed by atoms with Crippen LogP contribution in [0.3, 0.4) is 0 Å². The summed E-state index contributed by atoms with van der Waals surface area (Å²) < 4.78 is 11.3. The molecule has 1 heterocycles. The Labute approximate surface area is 144 Å². The van der Waals surface area contributed by atoms with Gasteiger partial charge in [0.2, 0.25) is 0 Å². The number of nitrogens with one attached hydrogen (secondary N) is 1. The minimum atomic E-state index is -0.941. The SMILES string of the molecule is Cc1ccnc(-c2ccc(NC(=O)N(C)[C@H](C)C[S@@](C)=O)cc2)n1. The molecule has 0 aliphatic rings. The molecule has 2 rings (SSSR count). The molecular weight excluding hydrogens is 324 g/mol. The van der Waals surface area contributed by atoms with E-state index in [1.54, 1.807) is 24.4 Å². The van der Waals surface area contributed by atoms with Crippen LogP contribution < -0.4 is 5.32 Å². The minimum absolute atomic E-state index is 0.101.